The van der Waals surface area contributed by atoms with Gasteiger partial charge in [0.15, 0.2) is 5.92 Å². The highest BCUT2D eigenvalue weighted by Gasteiger charge is 2.50. The summed E-state index contributed by atoms with van der Waals surface area (Å²) in [5.41, 5.74) is 0. The molecule has 0 aromatic carbocycles. The van der Waals surface area contributed by atoms with Crippen LogP contribution in [-0.2, 0) is 23.9 Å². The summed E-state index contributed by atoms with van der Waals surface area (Å²) in [7, 11) is 0. The molecular weight excluding hydrogens is 344 g/mol. The molecule has 3 fully saturated rings. The van der Waals surface area contributed by atoms with Gasteiger partial charge in [-0.1, -0.05) is 45.4 Å². The van der Waals surface area contributed by atoms with Crippen LogP contribution in [0.5, 0.6) is 0 Å². The second kappa shape index (κ2) is 8.32. The van der Waals surface area contributed by atoms with Gasteiger partial charge in [-0.25, -0.2) is 0 Å². The molecule has 2 unspecified atom stereocenters. The molecule has 0 spiro atoms. The van der Waals surface area contributed by atoms with Gasteiger partial charge in [0.05, 0.1) is 0 Å². The molecule has 3 rings (SSSR count). The summed E-state index contributed by atoms with van der Waals surface area (Å²) in [6.45, 7) is 5.01. The lowest BCUT2D eigenvalue weighted by atomic mass is 9.65. The molecule has 2 aliphatic carbocycles. The van der Waals surface area contributed by atoms with Crippen LogP contribution in [0.3, 0.4) is 0 Å². The van der Waals surface area contributed by atoms with Crippen molar-refractivity contribution in [1.29, 1.82) is 0 Å². The summed E-state index contributed by atoms with van der Waals surface area (Å²) in [5.74, 6) is -3.30. The molecule has 5 heteroatoms. The van der Waals surface area contributed by atoms with Crippen molar-refractivity contribution < 1.29 is 23.9 Å². The topological polar surface area (TPSA) is 69.7 Å². The lowest BCUT2D eigenvalue weighted by molar-refractivity contribution is -0.243. The SMILES string of the molecule is CC(C1C(=O)OC(C)(C)OC1=O)C(C(=O)C1CCCCC1)C1CCCCC1. The summed E-state index contributed by atoms with van der Waals surface area (Å²) >= 11 is 0. The Balaban J connectivity index is 1.83. The van der Waals surface area contributed by atoms with Gasteiger partial charge in [0, 0.05) is 25.7 Å². The minimum absolute atomic E-state index is 0.0835. The Morgan fingerprint density at radius 2 is 1.37 bits per heavy atom. The maximum atomic E-state index is 13.5. The predicted octanol–water partition coefficient (Wildman–Crippen LogP) is 4.42. The number of carbonyl (C=O) groups excluding carboxylic acids is 3. The smallest absolute Gasteiger partial charge is 0.323 e. The molecular formula is C22H34O5. The number of ketones is 1. The lowest BCUT2D eigenvalue weighted by Gasteiger charge is -2.41. The van der Waals surface area contributed by atoms with Gasteiger partial charge < -0.3 is 9.47 Å². The Hall–Kier alpha value is -1.39. The molecule has 1 aliphatic heterocycles. The van der Waals surface area contributed by atoms with E-state index in [0.29, 0.717) is 0 Å². The predicted molar refractivity (Wildman–Crippen MR) is 101 cm³/mol. The molecule has 152 valence electrons. The Kier molecular flexibility index (Phi) is 6.27. The van der Waals surface area contributed by atoms with E-state index in [9.17, 15) is 14.4 Å². The van der Waals surface area contributed by atoms with Crippen molar-refractivity contribution in [1.82, 2.24) is 0 Å². The van der Waals surface area contributed by atoms with E-state index in [2.05, 4.69) is 0 Å². The van der Waals surface area contributed by atoms with Gasteiger partial charge in [0.2, 0.25) is 0 Å². The largest absolute Gasteiger partial charge is 0.422 e. The number of cyclic esters (lactones) is 2. The monoisotopic (exact) mass is 378 g/mol. The Morgan fingerprint density at radius 3 is 1.89 bits per heavy atom. The Labute approximate surface area is 162 Å². The fourth-order valence-electron chi connectivity index (χ4n) is 5.44. The first-order valence-corrected chi connectivity index (χ1v) is 10.8. The second-order valence-corrected chi connectivity index (χ2v) is 9.24. The zero-order valence-electron chi connectivity index (χ0n) is 17.0. The average molecular weight is 379 g/mol. The molecule has 0 bridgehead atoms. The van der Waals surface area contributed by atoms with Gasteiger partial charge in [0.25, 0.3) is 5.79 Å². The molecule has 5 nitrogen and oxygen atoms in total. The lowest BCUT2D eigenvalue weighted by Crippen LogP contribution is -2.51. The number of esters is 2. The van der Waals surface area contributed by atoms with E-state index in [-0.39, 0.29) is 29.5 Å². The second-order valence-electron chi connectivity index (χ2n) is 9.24. The highest BCUT2D eigenvalue weighted by atomic mass is 16.7. The number of rotatable bonds is 5. The number of hydrogen-bond acceptors (Lipinski definition) is 5. The van der Waals surface area contributed by atoms with E-state index < -0.39 is 23.6 Å². The first-order valence-electron chi connectivity index (χ1n) is 10.8. The van der Waals surface area contributed by atoms with Crippen LogP contribution in [0.25, 0.3) is 0 Å². The first-order chi connectivity index (χ1) is 12.8. The number of hydrogen-bond donors (Lipinski definition) is 0. The molecule has 1 saturated heterocycles. The summed E-state index contributed by atoms with van der Waals surface area (Å²) in [5, 5.41) is 0. The molecule has 0 radical (unpaired) electrons. The van der Waals surface area contributed by atoms with Crippen molar-refractivity contribution in [2.75, 3.05) is 0 Å². The van der Waals surface area contributed by atoms with E-state index in [1.54, 1.807) is 13.8 Å². The molecule has 27 heavy (non-hydrogen) atoms. The van der Waals surface area contributed by atoms with Crippen molar-refractivity contribution in [3.63, 3.8) is 0 Å². The zero-order valence-corrected chi connectivity index (χ0v) is 17.0. The van der Waals surface area contributed by atoms with Gasteiger partial charge in [-0.15, -0.1) is 0 Å². The van der Waals surface area contributed by atoms with E-state index in [4.69, 9.17) is 9.47 Å². The summed E-state index contributed by atoms with van der Waals surface area (Å²) in [6, 6.07) is 0. The van der Waals surface area contributed by atoms with Gasteiger partial charge in [-0.05, 0) is 37.5 Å². The van der Waals surface area contributed by atoms with Crippen LogP contribution in [0.2, 0.25) is 0 Å². The minimum atomic E-state index is -1.22. The highest BCUT2D eigenvalue weighted by Crippen LogP contribution is 2.42. The van der Waals surface area contributed by atoms with Crippen LogP contribution in [0.15, 0.2) is 0 Å². The summed E-state index contributed by atoms with van der Waals surface area (Å²) < 4.78 is 10.7. The van der Waals surface area contributed by atoms with Gasteiger partial charge >= 0.3 is 11.9 Å². The average Bonchev–Trinajstić information content (AvgIpc) is 2.62. The van der Waals surface area contributed by atoms with E-state index in [1.807, 2.05) is 6.92 Å². The van der Waals surface area contributed by atoms with Crippen molar-refractivity contribution in [2.45, 2.75) is 90.8 Å². The van der Waals surface area contributed by atoms with Crippen molar-refractivity contribution in [3.8, 4) is 0 Å². The van der Waals surface area contributed by atoms with Gasteiger partial charge in [-0.3, -0.25) is 14.4 Å². The van der Waals surface area contributed by atoms with Crippen LogP contribution >= 0.6 is 0 Å². The van der Waals surface area contributed by atoms with Gasteiger partial charge in [0.1, 0.15) is 5.78 Å². The van der Waals surface area contributed by atoms with E-state index >= 15 is 0 Å². The van der Waals surface area contributed by atoms with Crippen LogP contribution in [0.4, 0.5) is 0 Å². The number of Topliss-reactive ketones (excluding diaryl/α,β-unsaturated/α-hetero) is 1. The fourth-order valence-corrected chi connectivity index (χ4v) is 5.44. The molecule has 2 saturated carbocycles. The molecule has 2 atom stereocenters. The first kappa shape index (κ1) is 20.3. The highest BCUT2D eigenvalue weighted by molar-refractivity contribution is 5.98. The Bertz CT molecular complexity index is 549. The Morgan fingerprint density at radius 1 is 0.889 bits per heavy atom. The number of carbonyl (C=O) groups is 3. The molecule has 0 amide bonds. The van der Waals surface area contributed by atoms with E-state index in [0.717, 1.165) is 51.4 Å². The molecule has 0 aromatic rings. The standard InChI is InChI=1S/C22H34O5/c1-14(18-20(24)26-22(2,3)27-21(18)25)17(15-10-6-4-7-11-15)19(23)16-12-8-5-9-13-16/h14-18H,4-13H2,1-3H3. The van der Waals surface area contributed by atoms with Crippen molar-refractivity contribution >= 4 is 17.7 Å². The van der Waals surface area contributed by atoms with E-state index in [1.165, 1.54) is 12.8 Å². The van der Waals surface area contributed by atoms with Crippen molar-refractivity contribution in [2.24, 2.45) is 29.6 Å². The third-order valence-electron chi connectivity index (χ3n) is 6.79. The van der Waals surface area contributed by atoms with Gasteiger partial charge in [-0.2, -0.15) is 0 Å². The van der Waals surface area contributed by atoms with Crippen molar-refractivity contribution in [3.05, 3.63) is 0 Å². The zero-order chi connectivity index (χ0) is 19.6. The number of ether oxygens (including phenoxy) is 2. The minimum Gasteiger partial charge on any atom is -0.422 e. The fraction of sp³-hybridized carbons (Fsp3) is 0.864. The molecule has 0 aromatic heterocycles. The van der Waals surface area contributed by atoms with Crippen LogP contribution in [0.1, 0.15) is 85.0 Å². The summed E-state index contributed by atoms with van der Waals surface area (Å²) in [4.78, 5) is 38.7. The summed E-state index contributed by atoms with van der Waals surface area (Å²) in [6.07, 6.45) is 10.8. The third kappa shape index (κ3) is 4.55. The normalized spacial score (nSPS) is 27.5. The maximum absolute atomic E-state index is 13.5. The maximum Gasteiger partial charge on any atom is 0.323 e. The third-order valence-corrected chi connectivity index (χ3v) is 6.79. The molecule has 1 heterocycles. The molecule has 0 N–H and O–H groups in total. The van der Waals surface area contributed by atoms with Crippen LogP contribution in [-0.4, -0.2) is 23.5 Å². The van der Waals surface area contributed by atoms with Crippen LogP contribution < -0.4 is 0 Å². The van der Waals surface area contributed by atoms with Crippen LogP contribution in [0, 0.1) is 29.6 Å². The quantitative estimate of drug-likeness (QED) is 0.523. The molecule has 3 aliphatic rings.